The molecule has 0 atom stereocenters. The third-order valence-corrected chi connectivity index (χ3v) is 4.03. The SMILES string of the molecule is CCOC(=O)c1cc(C=Cc2cccs2)nc2ccccc12. The normalized spacial score (nSPS) is 11.1. The van der Waals surface area contributed by atoms with Gasteiger partial charge in [-0.15, -0.1) is 11.3 Å². The summed E-state index contributed by atoms with van der Waals surface area (Å²) < 4.78 is 5.15. The number of esters is 1. The molecule has 0 bridgehead atoms. The summed E-state index contributed by atoms with van der Waals surface area (Å²) in [4.78, 5) is 17.9. The van der Waals surface area contributed by atoms with Crippen LogP contribution in [0.2, 0.25) is 0 Å². The Balaban J connectivity index is 2.06. The van der Waals surface area contributed by atoms with Gasteiger partial charge in [0.05, 0.1) is 23.4 Å². The maximum atomic E-state index is 12.2. The van der Waals surface area contributed by atoms with Crippen LogP contribution in [0.5, 0.6) is 0 Å². The molecule has 0 spiro atoms. The van der Waals surface area contributed by atoms with Crippen molar-refractivity contribution in [1.82, 2.24) is 4.98 Å². The Hall–Kier alpha value is -2.46. The first-order valence-electron chi connectivity index (χ1n) is 7.06. The second kappa shape index (κ2) is 6.54. The highest BCUT2D eigenvalue weighted by atomic mass is 32.1. The van der Waals surface area contributed by atoms with Gasteiger partial charge in [-0.2, -0.15) is 0 Å². The van der Waals surface area contributed by atoms with Crippen LogP contribution in [0.15, 0.2) is 47.8 Å². The lowest BCUT2D eigenvalue weighted by Gasteiger charge is -2.07. The maximum Gasteiger partial charge on any atom is 0.338 e. The van der Waals surface area contributed by atoms with Gasteiger partial charge in [-0.05, 0) is 42.7 Å². The molecule has 3 nitrogen and oxygen atoms in total. The van der Waals surface area contributed by atoms with Gasteiger partial charge >= 0.3 is 5.97 Å². The number of hydrogen-bond acceptors (Lipinski definition) is 4. The first-order valence-corrected chi connectivity index (χ1v) is 7.94. The van der Waals surface area contributed by atoms with E-state index in [4.69, 9.17) is 4.74 Å². The zero-order chi connectivity index (χ0) is 15.4. The molecule has 0 N–H and O–H groups in total. The second-order valence-corrected chi connectivity index (χ2v) is 5.66. The van der Waals surface area contributed by atoms with Gasteiger partial charge < -0.3 is 4.74 Å². The first kappa shape index (κ1) is 14.5. The van der Waals surface area contributed by atoms with Crippen molar-refractivity contribution in [2.75, 3.05) is 6.61 Å². The third kappa shape index (κ3) is 3.07. The Kier molecular flexibility index (Phi) is 4.30. The number of carbonyl (C=O) groups excluding carboxylic acids is 1. The lowest BCUT2D eigenvalue weighted by molar-refractivity contribution is 0.0528. The average Bonchev–Trinajstić information content (AvgIpc) is 3.06. The molecule has 0 fully saturated rings. The zero-order valence-corrected chi connectivity index (χ0v) is 13.0. The van der Waals surface area contributed by atoms with Gasteiger partial charge in [-0.3, -0.25) is 0 Å². The predicted molar refractivity (Wildman–Crippen MR) is 90.9 cm³/mol. The van der Waals surface area contributed by atoms with Gasteiger partial charge in [0.1, 0.15) is 0 Å². The van der Waals surface area contributed by atoms with Gasteiger partial charge in [0, 0.05) is 10.3 Å². The van der Waals surface area contributed by atoms with Crippen LogP contribution in [0, 0.1) is 0 Å². The molecule has 3 aromatic rings. The molecule has 2 heterocycles. The molecule has 0 saturated heterocycles. The topological polar surface area (TPSA) is 39.2 Å². The molecular weight excluding hydrogens is 294 g/mol. The van der Waals surface area contributed by atoms with Gasteiger partial charge in [0.15, 0.2) is 0 Å². The van der Waals surface area contributed by atoms with E-state index >= 15 is 0 Å². The molecule has 0 amide bonds. The number of aromatic nitrogens is 1. The molecular formula is C18H15NO2S. The van der Waals surface area contributed by atoms with Crippen LogP contribution in [-0.4, -0.2) is 17.6 Å². The molecule has 3 rings (SSSR count). The number of pyridine rings is 1. The fourth-order valence-corrected chi connectivity index (χ4v) is 2.83. The van der Waals surface area contributed by atoms with Crippen LogP contribution in [-0.2, 0) is 4.74 Å². The summed E-state index contributed by atoms with van der Waals surface area (Å²) in [5.74, 6) is -0.313. The van der Waals surface area contributed by atoms with Crippen LogP contribution in [0.1, 0.15) is 27.9 Å². The van der Waals surface area contributed by atoms with Crippen LogP contribution in [0.25, 0.3) is 23.1 Å². The average molecular weight is 309 g/mol. The summed E-state index contributed by atoms with van der Waals surface area (Å²) >= 11 is 1.66. The highest BCUT2D eigenvalue weighted by Gasteiger charge is 2.12. The second-order valence-electron chi connectivity index (χ2n) is 4.68. The van der Waals surface area contributed by atoms with Crippen molar-refractivity contribution in [3.63, 3.8) is 0 Å². The Labute approximate surface area is 132 Å². The van der Waals surface area contributed by atoms with Crippen molar-refractivity contribution in [1.29, 1.82) is 0 Å². The van der Waals surface area contributed by atoms with Crippen molar-refractivity contribution in [2.24, 2.45) is 0 Å². The lowest BCUT2D eigenvalue weighted by atomic mass is 10.1. The van der Waals surface area contributed by atoms with E-state index in [1.807, 2.05) is 53.9 Å². The summed E-state index contributed by atoms with van der Waals surface area (Å²) in [6.07, 6.45) is 3.91. The van der Waals surface area contributed by atoms with Gasteiger partial charge in [-0.1, -0.05) is 24.3 Å². The maximum absolute atomic E-state index is 12.2. The molecule has 0 saturated carbocycles. The van der Waals surface area contributed by atoms with Crippen LogP contribution >= 0.6 is 11.3 Å². The monoisotopic (exact) mass is 309 g/mol. The molecule has 110 valence electrons. The number of benzene rings is 1. The van der Waals surface area contributed by atoms with E-state index in [0.29, 0.717) is 12.2 Å². The van der Waals surface area contributed by atoms with E-state index in [1.54, 1.807) is 24.3 Å². The largest absolute Gasteiger partial charge is 0.462 e. The summed E-state index contributed by atoms with van der Waals surface area (Å²) in [6, 6.07) is 13.4. The Morgan fingerprint density at radius 2 is 2.09 bits per heavy atom. The summed E-state index contributed by atoms with van der Waals surface area (Å²) in [6.45, 7) is 2.16. The van der Waals surface area contributed by atoms with Crippen molar-refractivity contribution in [3.8, 4) is 0 Å². The molecule has 0 aliphatic carbocycles. The molecule has 4 heteroatoms. The van der Waals surface area contributed by atoms with Crippen LogP contribution in [0.3, 0.4) is 0 Å². The van der Waals surface area contributed by atoms with E-state index in [1.165, 1.54) is 0 Å². The van der Waals surface area contributed by atoms with Crippen molar-refractivity contribution in [2.45, 2.75) is 6.92 Å². The number of ether oxygens (including phenoxy) is 1. The minimum absolute atomic E-state index is 0.313. The Bertz CT molecular complexity index is 822. The summed E-state index contributed by atoms with van der Waals surface area (Å²) in [5, 5.41) is 2.84. The van der Waals surface area contributed by atoms with Crippen molar-refractivity contribution < 1.29 is 9.53 Å². The van der Waals surface area contributed by atoms with E-state index < -0.39 is 0 Å². The molecule has 22 heavy (non-hydrogen) atoms. The summed E-state index contributed by atoms with van der Waals surface area (Å²) in [5.41, 5.74) is 2.09. The van der Waals surface area contributed by atoms with E-state index in [9.17, 15) is 4.79 Å². The number of fused-ring (bicyclic) bond motifs is 1. The van der Waals surface area contributed by atoms with E-state index in [-0.39, 0.29) is 5.97 Å². The summed E-state index contributed by atoms with van der Waals surface area (Å²) in [7, 11) is 0. The molecule has 0 unspecified atom stereocenters. The molecule has 0 radical (unpaired) electrons. The Morgan fingerprint density at radius 3 is 2.86 bits per heavy atom. The zero-order valence-electron chi connectivity index (χ0n) is 12.2. The predicted octanol–water partition coefficient (Wildman–Crippen LogP) is 4.64. The lowest BCUT2D eigenvalue weighted by Crippen LogP contribution is -2.06. The number of nitrogens with zero attached hydrogens (tertiary/aromatic N) is 1. The van der Waals surface area contributed by atoms with Gasteiger partial charge in [-0.25, -0.2) is 9.78 Å². The minimum Gasteiger partial charge on any atom is -0.462 e. The first-order chi connectivity index (χ1) is 10.8. The van der Waals surface area contributed by atoms with E-state index in [0.717, 1.165) is 21.5 Å². The number of hydrogen-bond donors (Lipinski definition) is 0. The third-order valence-electron chi connectivity index (χ3n) is 3.19. The number of thiophene rings is 1. The fourth-order valence-electron chi connectivity index (χ4n) is 2.21. The minimum atomic E-state index is -0.313. The van der Waals surface area contributed by atoms with Crippen LogP contribution in [0.4, 0.5) is 0 Å². The van der Waals surface area contributed by atoms with Gasteiger partial charge in [0.2, 0.25) is 0 Å². The quantitative estimate of drug-likeness (QED) is 0.659. The van der Waals surface area contributed by atoms with Crippen LogP contribution < -0.4 is 0 Å². The molecule has 1 aromatic carbocycles. The number of carbonyl (C=O) groups is 1. The van der Waals surface area contributed by atoms with Gasteiger partial charge in [0.25, 0.3) is 0 Å². The Morgan fingerprint density at radius 1 is 1.23 bits per heavy atom. The van der Waals surface area contributed by atoms with Crippen molar-refractivity contribution >= 4 is 40.4 Å². The molecule has 0 aliphatic rings. The van der Waals surface area contributed by atoms with Crippen molar-refractivity contribution in [3.05, 3.63) is 64.0 Å². The number of para-hydroxylation sites is 1. The fraction of sp³-hybridized carbons (Fsp3) is 0.111. The number of rotatable bonds is 4. The highest BCUT2D eigenvalue weighted by Crippen LogP contribution is 2.21. The smallest absolute Gasteiger partial charge is 0.338 e. The standard InChI is InChI=1S/C18H15NO2S/c1-2-21-18(20)16-12-13(9-10-14-6-5-11-22-14)19-17-8-4-3-7-15(16)17/h3-12H,2H2,1H3. The molecule has 0 aliphatic heterocycles. The highest BCUT2D eigenvalue weighted by molar-refractivity contribution is 7.10. The molecule has 2 aromatic heterocycles. The van der Waals surface area contributed by atoms with E-state index in [2.05, 4.69) is 4.98 Å².